The molecule has 0 aliphatic carbocycles. The van der Waals surface area contributed by atoms with Crippen LogP contribution in [-0.2, 0) is 14.3 Å². The van der Waals surface area contributed by atoms with Crippen LogP contribution >= 0.6 is 0 Å². The van der Waals surface area contributed by atoms with Gasteiger partial charge in [-0.2, -0.15) is 0 Å². The van der Waals surface area contributed by atoms with E-state index in [1.165, 1.54) is 0 Å². The third kappa shape index (κ3) is 3.74. The summed E-state index contributed by atoms with van der Waals surface area (Å²) in [6, 6.07) is 0.123. The van der Waals surface area contributed by atoms with E-state index in [0.29, 0.717) is 39.4 Å². The topological polar surface area (TPSA) is 61.9 Å². The predicted molar refractivity (Wildman–Crippen MR) is 79.8 cm³/mol. The molecule has 0 aromatic rings. The summed E-state index contributed by atoms with van der Waals surface area (Å²) >= 11 is 0. The number of hydrogen-bond acceptors (Lipinski definition) is 4. The minimum atomic E-state index is -0.0858. The zero-order valence-electron chi connectivity index (χ0n) is 13.3. The fourth-order valence-corrected chi connectivity index (χ4v) is 3.01. The molecule has 2 saturated heterocycles. The van der Waals surface area contributed by atoms with Crippen LogP contribution in [0.4, 0.5) is 0 Å². The molecule has 0 radical (unpaired) electrons. The summed E-state index contributed by atoms with van der Waals surface area (Å²) < 4.78 is 5.45. The van der Waals surface area contributed by atoms with Crippen LogP contribution in [-0.4, -0.2) is 73.6 Å². The SMILES string of the molecule is CCNC1COCC1C(=O)N1CCN(C(=O)C(C)C)CC1. The third-order valence-electron chi connectivity index (χ3n) is 4.26. The first-order chi connectivity index (χ1) is 10.0. The van der Waals surface area contributed by atoms with Gasteiger partial charge in [0.2, 0.25) is 11.8 Å². The Morgan fingerprint density at radius 3 is 2.33 bits per heavy atom. The number of hydrogen-bond donors (Lipinski definition) is 1. The number of carbonyl (C=O) groups excluding carboxylic acids is 2. The molecule has 6 heteroatoms. The predicted octanol–water partition coefficient (Wildman–Crippen LogP) is -0.0623. The number of likely N-dealkylation sites (N-methyl/N-ethyl adjacent to an activating group) is 1. The van der Waals surface area contributed by atoms with Crippen LogP contribution in [0.1, 0.15) is 20.8 Å². The van der Waals surface area contributed by atoms with Gasteiger partial charge < -0.3 is 19.9 Å². The molecule has 2 heterocycles. The highest BCUT2D eigenvalue weighted by Crippen LogP contribution is 2.18. The van der Waals surface area contributed by atoms with Crippen LogP contribution in [0.2, 0.25) is 0 Å². The Kier molecular flexibility index (Phi) is 5.58. The first kappa shape index (κ1) is 16.2. The number of nitrogens with zero attached hydrogens (tertiary/aromatic N) is 2. The van der Waals surface area contributed by atoms with Gasteiger partial charge in [-0.25, -0.2) is 0 Å². The van der Waals surface area contributed by atoms with Gasteiger partial charge in [0.15, 0.2) is 0 Å². The number of amides is 2. The summed E-state index contributed by atoms with van der Waals surface area (Å²) in [5.41, 5.74) is 0. The van der Waals surface area contributed by atoms with Crippen LogP contribution < -0.4 is 5.32 Å². The van der Waals surface area contributed by atoms with Gasteiger partial charge in [0.1, 0.15) is 0 Å². The maximum atomic E-state index is 12.6. The zero-order chi connectivity index (χ0) is 15.4. The molecule has 0 aromatic heterocycles. The second-order valence-corrected chi connectivity index (χ2v) is 6.11. The van der Waals surface area contributed by atoms with Crippen molar-refractivity contribution in [2.45, 2.75) is 26.8 Å². The molecule has 0 aromatic carbocycles. The van der Waals surface area contributed by atoms with Crippen molar-refractivity contribution in [3.8, 4) is 0 Å². The number of nitrogens with one attached hydrogen (secondary N) is 1. The summed E-state index contributed by atoms with van der Waals surface area (Å²) in [4.78, 5) is 28.3. The Bertz CT molecular complexity index is 378. The van der Waals surface area contributed by atoms with Crippen molar-refractivity contribution in [1.82, 2.24) is 15.1 Å². The minimum absolute atomic E-state index is 0.0219. The maximum Gasteiger partial charge on any atom is 0.229 e. The van der Waals surface area contributed by atoms with Crippen molar-refractivity contribution in [3.63, 3.8) is 0 Å². The molecule has 6 nitrogen and oxygen atoms in total. The first-order valence-corrected chi connectivity index (χ1v) is 7.93. The Morgan fingerprint density at radius 1 is 1.14 bits per heavy atom. The standard InChI is InChI=1S/C15H27N3O3/c1-4-16-13-10-21-9-12(13)15(20)18-7-5-17(6-8-18)14(19)11(2)3/h11-13,16H,4-10H2,1-3H3. The smallest absolute Gasteiger partial charge is 0.229 e. The average Bonchev–Trinajstić information content (AvgIpc) is 2.94. The van der Waals surface area contributed by atoms with Gasteiger partial charge in [0.25, 0.3) is 0 Å². The normalized spacial score (nSPS) is 26.5. The number of ether oxygens (including phenoxy) is 1. The largest absolute Gasteiger partial charge is 0.379 e. The van der Waals surface area contributed by atoms with E-state index in [0.717, 1.165) is 6.54 Å². The van der Waals surface area contributed by atoms with Gasteiger partial charge >= 0.3 is 0 Å². The van der Waals surface area contributed by atoms with Crippen LogP contribution in [0, 0.1) is 11.8 Å². The molecule has 120 valence electrons. The Hall–Kier alpha value is -1.14. The van der Waals surface area contributed by atoms with Gasteiger partial charge in [0.05, 0.1) is 19.1 Å². The lowest BCUT2D eigenvalue weighted by Gasteiger charge is -2.37. The Morgan fingerprint density at radius 2 is 1.76 bits per heavy atom. The number of rotatable bonds is 4. The van der Waals surface area contributed by atoms with E-state index in [1.807, 2.05) is 30.6 Å². The maximum absolute atomic E-state index is 12.6. The fraction of sp³-hybridized carbons (Fsp3) is 0.867. The van der Waals surface area contributed by atoms with E-state index < -0.39 is 0 Å². The second-order valence-electron chi connectivity index (χ2n) is 6.11. The van der Waals surface area contributed by atoms with E-state index in [1.54, 1.807) is 0 Å². The molecule has 0 bridgehead atoms. The van der Waals surface area contributed by atoms with Gasteiger partial charge in [-0.15, -0.1) is 0 Å². The lowest BCUT2D eigenvalue weighted by atomic mass is 10.0. The summed E-state index contributed by atoms with van der Waals surface area (Å²) in [6.45, 7) is 10.4. The summed E-state index contributed by atoms with van der Waals surface area (Å²) in [6.07, 6.45) is 0. The third-order valence-corrected chi connectivity index (χ3v) is 4.26. The average molecular weight is 297 g/mol. The van der Waals surface area contributed by atoms with E-state index in [4.69, 9.17) is 4.74 Å². The fourth-order valence-electron chi connectivity index (χ4n) is 3.01. The first-order valence-electron chi connectivity index (χ1n) is 7.93. The highest BCUT2D eigenvalue weighted by molar-refractivity contribution is 5.81. The quantitative estimate of drug-likeness (QED) is 0.789. The molecular weight excluding hydrogens is 270 g/mol. The van der Waals surface area contributed by atoms with Gasteiger partial charge in [-0.1, -0.05) is 20.8 Å². The van der Waals surface area contributed by atoms with Crippen molar-refractivity contribution >= 4 is 11.8 Å². The van der Waals surface area contributed by atoms with E-state index in [2.05, 4.69) is 5.32 Å². The molecule has 2 amide bonds. The molecule has 2 aliphatic rings. The molecule has 21 heavy (non-hydrogen) atoms. The van der Waals surface area contributed by atoms with Gasteiger partial charge in [-0.05, 0) is 6.54 Å². The van der Waals surface area contributed by atoms with E-state index in [-0.39, 0.29) is 29.7 Å². The van der Waals surface area contributed by atoms with Crippen LogP contribution in [0.15, 0.2) is 0 Å². The van der Waals surface area contributed by atoms with E-state index >= 15 is 0 Å². The summed E-state index contributed by atoms with van der Waals surface area (Å²) in [5.74, 6) is 0.276. The number of carbonyl (C=O) groups is 2. The highest BCUT2D eigenvalue weighted by atomic mass is 16.5. The molecule has 2 unspecified atom stereocenters. The van der Waals surface area contributed by atoms with Crippen molar-refractivity contribution in [2.24, 2.45) is 11.8 Å². The minimum Gasteiger partial charge on any atom is -0.379 e. The van der Waals surface area contributed by atoms with Gasteiger partial charge in [-0.3, -0.25) is 9.59 Å². The van der Waals surface area contributed by atoms with Crippen molar-refractivity contribution in [3.05, 3.63) is 0 Å². The Labute approximate surface area is 126 Å². The molecule has 1 N–H and O–H groups in total. The molecule has 2 atom stereocenters. The Balaban J connectivity index is 1.87. The van der Waals surface area contributed by atoms with Crippen LogP contribution in [0.5, 0.6) is 0 Å². The van der Waals surface area contributed by atoms with E-state index in [9.17, 15) is 9.59 Å². The molecule has 2 aliphatic heterocycles. The lowest BCUT2D eigenvalue weighted by Crippen LogP contribution is -2.54. The zero-order valence-corrected chi connectivity index (χ0v) is 13.3. The van der Waals surface area contributed by atoms with Crippen molar-refractivity contribution < 1.29 is 14.3 Å². The molecule has 0 saturated carbocycles. The molecule has 2 fully saturated rings. The van der Waals surface area contributed by atoms with Crippen molar-refractivity contribution in [1.29, 1.82) is 0 Å². The highest BCUT2D eigenvalue weighted by Gasteiger charge is 2.37. The monoisotopic (exact) mass is 297 g/mol. The number of piperazine rings is 1. The summed E-state index contributed by atoms with van der Waals surface area (Å²) in [5, 5.41) is 3.32. The second kappa shape index (κ2) is 7.22. The van der Waals surface area contributed by atoms with Crippen molar-refractivity contribution in [2.75, 3.05) is 45.9 Å². The molecule has 2 rings (SSSR count). The van der Waals surface area contributed by atoms with Crippen LogP contribution in [0.25, 0.3) is 0 Å². The van der Waals surface area contributed by atoms with Crippen LogP contribution in [0.3, 0.4) is 0 Å². The van der Waals surface area contributed by atoms with Gasteiger partial charge in [0, 0.05) is 38.1 Å². The lowest BCUT2D eigenvalue weighted by molar-refractivity contribution is -0.143. The molecule has 0 spiro atoms. The summed E-state index contributed by atoms with van der Waals surface area (Å²) in [7, 11) is 0. The molecular formula is C15H27N3O3.